The Balaban J connectivity index is 1.37. The Labute approximate surface area is 267 Å². The molecule has 1 N–H and O–H groups in total. The van der Waals surface area contributed by atoms with Gasteiger partial charge in [0.15, 0.2) is 11.6 Å². The molecule has 4 aliphatic rings. The van der Waals surface area contributed by atoms with Crippen LogP contribution in [-0.2, 0) is 19.2 Å². The number of hydrogen-bond acceptors (Lipinski definition) is 5. The second kappa shape index (κ2) is 10.2. The fourth-order valence-electron chi connectivity index (χ4n) is 7.94. The fourth-order valence-corrected chi connectivity index (χ4v) is 8.29. The average molecular weight is 651 g/mol. The van der Waals surface area contributed by atoms with Gasteiger partial charge in [-0.05, 0) is 86.2 Å². The molecule has 2 heterocycles. The van der Waals surface area contributed by atoms with Gasteiger partial charge in [-0.2, -0.15) is 0 Å². The lowest BCUT2D eigenvalue weighted by molar-refractivity contribution is -0.131. The van der Waals surface area contributed by atoms with E-state index in [9.17, 15) is 33.1 Å². The molecular formula is C34H26Cl2F2N2O5. The molecular weight excluding hydrogens is 625 g/mol. The van der Waals surface area contributed by atoms with E-state index in [1.807, 2.05) is 13.0 Å². The summed E-state index contributed by atoms with van der Waals surface area (Å²) in [6, 6.07) is 12.3. The number of amides is 4. The number of carbonyl (C=O) groups excluding carboxylic acids is 4. The van der Waals surface area contributed by atoms with E-state index in [0.717, 1.165) is 27.5 Å². The number of nitrogens with zero attached hydrogens (tertiary/aromatic N) is 2. The second-order valence-corrected chi connectivity index (χ2v) is 13.2. The van der Waals surface area contributed by atoms with Gasteiger partial charge in [0, 0.05) is 10.9 Å². The molecule has 3 aromatic carbocycles. The molecule has 6 atom stereocenters. The fraction of sp³-hybridized carbons (Fsp3) is 0.294. The highest BCUT2D eigenvalue weighted by Crippen LogP contribution is 2.64. The smallest absolute Gasteiger partial charge is 0.241 e. The predicted molar refractivity (Wildman–Crippen MR) is 163 cm³/mol. The van der Waals surface area contributed by atoms with Crippen LogP contribution >= 0.6 is 23.2 Å². The molecule has 4 amide bonds. The number of phenols is 1. The predicted octanol–water partition coefficient (Wildman–Crippen LogP) is 6.72. The minimum absolute atomic E-state index is 0.0814. The SMILES string of the molecule is Cc1ccc(N2C(=O)[C@H]3[C@H](CC=C4[C@H]3C[C@H]3C(=O)N(c5ccc(F)c(Cl)c5)C(=O)[C@@]3(C)[C@H]4c3ccc(O)c(F)c3)C2=O)cc1Cl. The van der Waals surface area contributed by atoms with Crippen LogP contribution in [0.4, 0.5) is 20.2 Å². The number of allylic oxidation sites excluding steroid dienone is 2. The second-order valence-electron chi connectivity index (χ2n) is 12.4. The summed E-state index contributed by atoms with van der Waals surface area (Å²) in [6.07, 6.45) is 2.13. The van der Waals surface area contributed by atoms with Crippen molar-refractivity contribution in [2.24, 2.45) is 29.1 Å². The molecule has 2 aliphatic carbocycles. The number of fused-ring (bicyclic) bond motifs is 4. The van der Waals surface area contributed by atoms with Crippen molar-refractivity contribution < 1.29 is 33.1 Å². The molecule has 0 spiro atoms. The number of hydrogen-bond donors (Lipinski definition) is 1. The third-order valence-electron chi connectivity index (χ3n) is 10.2. The van der Waals surface area contributed by atoms with Gasteiger partial charge in [-0.3, -0.25) is 19.2 Å². The lowest BCUT2D eigenvalue weighted by Crippen LogP contribution is -2.48. The van der Waals surface area contributed by atoms with Crippen molar-refractivity contribution in [3.8, 4) is 5.75 Å². The number of phenolic OH excluding ortho intramolecular Hbond substituents is 1. The van der Waals surface area contributed by atoms with Gasteiger partial charge in [-0.25, -0.2) is 18.6 Å². The molecule has 0 aromatic heterocycles. The Morgan fingerprint density at radius 1 is 0.822 bits per heavy atom. The molecule has 2 saturated heterocycles. The van der Waals surface area contributed by atoms with Gasteiger partial charge < -0.3 is 5.11 Å². The summed E-state index contributed by atoms with van der Waals surface area (Å²) in [5.74, 6) is -8.15. The first-order valence-electron chi connectivity index (χ1n) is 14.5. The van der Waals surface area contributed by atoms with Crippen LogP contribution in [-0.4, -0.2) is 28.7 Å². The zero-order chi connectivity index (χ0) is 32.1. The van der Waals surface area contributed by atoms with Gasteiger partial charge in [0.25, 0.3) is 0 Å². The minimum atomic E-state index is -1.44. The van der Waals surface area contributed by atoms with Crippen molar-refractivity contribution in [1.29, 1.82) is 0 Å². The van der Waals surface area contributed by atoms with Crippen LogP contribution in [0.15, 0.2) is 66.2 Å². The molecule has 11 heteroatoms. The van der Waals surface area contributed by atoms with Crippen molar-refractivity contribution in [2.75, 3.05) is 9.80 Å². The van der Waals surface area contributed by atoms with Crippen LogP contribution in [0, 0.1) is 47.6 Å². The molecule has 7 nitrogen and oxygen atoms in total. The van der Waals surface area contributed by atoms with Crippen LogP contribution in [0.25, 0.3) is 0 Å². The van der Waals surface area contributed by atoms with Crippen molar-refractivity contribution in [1.82, 2.24) is 0 Å². The number of anilines is 2. The summed E-state index contributed by atoms with van der Waals surface area (Å²) in [4.78, 5) is 58.6. The highest BCUT2D eigenvalue weighted by atomic mass is 35.5. The number of aromatic hydroxyl groups is 1. The Kier molecular flexibility index (Phi) is 6.73. The van der Waals surface area contributed by atoms with E-state index < -0.39 is 70.1 Å². The van der Waals surface area contributed by atoms with Crippen LogP contribution in [0.1, 0.15) is 36.8 Å². The van der Waals surface area contributed by atoms with E-state index in [1.165, 1.54) is 24.3 Å². The molecule has 0 unspecified atom stereocenters. The van der Waals surface area contributed by atoms with Gasteiger partial charge in [0.05, 0.1) is 39.6 Å². The molecule has 2 aliphatic heterocycles. The molecule has 0 bridgehead atoms. The minimum Gasteiger partial charge on any atom is -0.505 e. The Morgan fingerprint density at radius 2 is 1.51 bits per heavy atom. The van der Waals surface area contributed by atoms with E-state index in [-0.39, 0.29) is 29.5 Å². The monoisotopic (exact) mass is 650 g/mol. The molecule has 230 valence electrons. The average Bonchev–Trinajstić information content (AvgIpc) is 3.37. The highest BCUT2D eigenvalue weighted by Gasteiger charge is 2.67. The lowest BCUT2D eigenvalue weighted by atomic mass is 9.51. The van der Waals surface area contributed by atoms with Crippen LogP contribution in [0.3, 0.4) is 0 Å². The maximum Gasteiger partial charge on any atom is 0.241 e. The van der Waals surface area contributed by atoms with Crippen molar-refractivity contribution in [3.05, 3.63) is 99.1 Å². The number of rotatable bonds is 3. The third kappa shape index (κ3) is 4.13. The molecule has 3 fully saturated rings. The Bertz CT molecular complexity index is 1900. The number of carbonyl (C=O) groups is 4. The topological polar surface area (TPSA) is 95.0 Å². The van der Waals surface area contributed by atoms with Gasteiger partial charge >= 0.3 is 0 Å². The summed E-state index contributed by atoms with van der Waals surface area (Å²) >= 11 is 12.4. The largest absolute Gasteiger partial charge is 0.505 e. The summed E-state index contributed by atoms with van der Waals surface area (Å²) in [5, 5.41) is 10.1. The van der Waals surface area contributed by atoms with Crippen LogP contribution in [0.5, 0.6) is 5.75 Å². The van der Waals surface area contributed by atoms with Gasteiger partial charge in [-0.1, -0.05) is 47.0 Å². The van der Waals surface area contributed by atoms with Crippen molar-refractivity contribution in [3.63, 3.8) is 0 Å². The number of imide groups is 2. The zero-order valence-electron chi connectivity index (χ0n) is 24.1. The molecule has 0 radical (unpaired) electrons. The molecule has 45 heavy (non-hydrogen) atoms. The molecule has 1 saturated carbocycles. The highest BCUT2D eigenvalue weighted by molar-refractivity contribution is 6.32. The Morgan fingerprint density at radius 3 is 2.20 bits per heavy atom. The van der Waals surface area contributed by atoms with Gasteiger partial charge in [0.1, 0.15) is 5.82 Å². The number of benzene rings is 3. The van der Waals surface area contributed by atoms with E-state index in [4.69, 9.17) is 23.2 Å². The Hall–Kier alpha value is -4.08. The molecule has 7 rings (SSSR count). The van der Waals surface area contributed by atoms with E-state index in [2.05, 4.69) is 0 Å². The first kappa shape index (κ1) is 29.6. The molecule has 3 aromatic rings. The van der Waals surface area contributed by atoms with E-state index in [0.29, 0.717) is 21.8 Å². The maximum atomic E-state index is 14.9. The third-order valence-corrected chi connectivity index (χ3v) is 10.9. The van der Waals surface area contributed by atoms with Crippen molar-refractivity contribution >= 4 is 58.2 Å². The van der Waals surface area contributed by atoms with Crippen LogP contribution < -0.4 is 9.80 Å². The van der Waals surface area contributed by atoms with E-state index >= 15 is 0 Å². The lowest BCUT2D eigenvalue weighted by Gasteiger charge is -2.49. The maximum absolute atomic E-state index is 14.9. The first-order chi connectivity index (χ1) is 21.3. The van der Waals surface area contributed by atoms with Crippen molar-refractivity contribution in [2.45, 2.75) is 32.6 Å². The summed E-state index contributed by atoms with van der Waals surface area (Å²) < 4.78 is 28.9. The quantitative estimate of drug-likeness (QED) is 0.251. The van der Waals surface area contributed by atoms with Gasteiger partial charge in [-0.15, -0.1) is 0 Å². The summed E-state index contributed by atoms with van der Waals surface area (Å²) in [5.41, 5.74) is 0.781. The normalized spacial score (nSPS) is 29.1. The van der Waals surface area contributed by atoms with E-state index in [1.54, 1.807) is 25.1 Å². The standard InChI is InChI=1S/C34H26Cl2F2N2O5/c1-15-3-5-17(12-23(15)35)39-30(42)20-8-7-19-21(28(20)32(39)44)14-22-31(43)40(18-6-9-25(37)24(36)13-18)33(45)34(22,2)29(19)16-4-10-27(41)26(38)11-16/h3-7,9-13,20-22,28-29,41H,8,14H2,1-2H3/t20-,21+,22-,28-,29-,34+/m0/s1. The van der Waals surface area contributed by atoms with Crippen LogP contribution in [0.2, 0.25) is 10.0 Å². The summed E-state index contributed by atoms with van der Waals surface area (Å²) in [6.45, 7) is 3.45. The number of aryl methyl sites for hydroxylation is 1. The number of halogens is 4. The summed E-state index contributed by atoms with van der Waals surface area (Å²) in [7, 11) is 0. The van der Waals surface area contributed by atoms with Gasteiger partial charge in [0.2, 0.25) is 23.6 Å². The first-order valence-corrected chi connectivity index (χ1v) is 15.3. The zero-order valence-corrected chi connectivity index (χ0v) is 25.6.